The number of nitrogens with two attached hydrogens (primary N) is 1. The first-order chi connectivity index (χ1) is 13.9. The molecule has 3 N–H and O–H groups in total. The summed E-state index contributed by atoms with van der Waals surface area (Å²) in [5.74, 6) is -2.57. The van der Waals surface area contributed by atoms with Crippen molar-refractivity contribution in [2.75, 3.05) is 19.7 Å². The third-order valence-corrected chi connectivity index (χ3v) is 5.36. The number of halogens is 1. The summed E-state index contributed by atoms with van der Waals surface area (Å²) in [6.45, 7) is 0.718. The summed E-state index contributed by atoms with van der Waals surface area (Å²) in [4.78, 5) is 64.0. The second-order valence-electron chi connectivity index (χ2n) is 7.30. The largest absolute Gasteiger partial charge is 0.483 e. The van der Waals surface area contributed by atoms with Gasteiger partial charge in [0, 0.05) is 25.6 Å². The van der Waals surface area contributed by atoms with Crippen molar-refractivity contribution < 1.29 is 28.7 Å². The average molecular weight is 437 g/mol. The van der Waals surface area contributed by atoms with Crippen molar-refractivity contribution in [1.82, 2.24) is 15.1 Å². The number of nitrogens with zero attached hydrogens (tertiary/aromatic N) is 2. The molecule has 30 heavy (non-hydrogen) atoms. The van der Waals surface area contributed by atoms with E-state index >= 15 is 0 Å². The summed E-state index contributed by atoms with van der Waals surface area (Å²) >= 11 is 0. The second-order valence-corrected chi connectivity index (χ2v) is 7.30. The van der Waals surface area contributed by atoms with Crippen molar-refractivity contribution in [3.63, 3.8) is 0 Å². The van der Waals surface area contributed by atoms with Crippen molar-refractivity contribution in [1.29, 1.82) is 0 Å². The normalized spacial score (nSPS) is 23.2. The van der Waals surface area contributed by atoms with Crippen LogP contribution in [0.15, 0.2) is 18.2 Å². The van der Waals surface area contributed by atoms with Crippen LogP contribution in [0.3, 0.4) is 0 Å². The molecular weight excluding hydrogens is 416 g/mol. The fraction of sp³-hybridized carbons (Fsp3) is 0.421. The predicted molar refractivity (Wildman–Crippen MR) is 105 cm³/mol. The number of amides is 5. The fourth-order valence-corrected chi connectivity index (χ4v) is 3.85. The first-order valence-electron chi connectivity index (χ1n) is 9.37. The molecule has 5 amide bonds. The van der Waals surface area contributed by atoms with Crippen LogP contribution in [0, 0.1) is 0 Å². The third-order valence-electron chi connectivity index (χ3n) is 5.36. The van der Waals surface area contributed by atoms with Crippen molar-refractivity contribution in [3.8, 4) is 5.75 Å². The van der Waals surface area contributed by atoms with Gasteiger partial charge < -0.3 is 15.4 Å². The number of ether oxygens (including phenoxy) is 1. The first kappa shape index (κ1) is 21.7. The first-order valence-corrected chi connectivity index (χ1v) is 9.37. The Morgan fingerprint density at radius 3 is 2.60 bits per heavy atom. The Labute approximate surface area is 178 Å². The zero-order chi connectivity index (χ0) is 20.7. The molecule has 0 spiro atoms. The number of benzene rings is 1. The van der Waals surface area contributed by atoms with Crippen molar-refractivity contribution in [2.45, 2.75) is 31.3 Å². The van der Waals surface area contributed by atoms with Gasteiger partial charge in [0.25, 0.3) is 17.7 Å². The van der Waals surface area contributed by atoms with Crippen LogP contribution >= 0.6 is 12.4 Å². The molecule has 3 aliphatic heterocycles. The number of fused-ring (bicyclic) bond motifs is 1. The highest BCUT2D eigenvalue weighted by Gasteiger charge is 2.46. The van der Waals surface area contributed by atoms with Crippen molar-refractivity contribution >= 4 is 41.9 Å². The van der Waals surface area contributed by atoms with E-state index in [4.69, 9.17) is 10.5 Å². The third kappa shape index (κ3) is 3.75. The monoisotopic (exact) mass is 436 g/mol. The molecule has 2 saturated heterocycles. The molecule has 2 atom stereocenters. The van der Waals surface area contributed by atoms with Crippen LogP contribution in [0.2, 0.25) is 0 Å². The minimum absolute atomic E-state index is 0. The fourth-order valence-electron chi connectivity index (χ4n) is 3.85. The lowest BCUT2D eigenvalue weighted by Crippen LogP contribution is -2.54. The van der Waals surface area contributed by atoms with E-state index < -0.39 is 29.7 Å². The Morgan fingerprint density at radius 1 is 1.17 bits per heavy atom. The molecule has 0 aromatic heterocycles. The molecule has 10 nitrogen and oxygen atoms in total. The number of carbonyl (C=O) groups excluding carboxylic acids is 5. The van der Waals surface area contributed by atoms with Gasteiger partial charge in [-0.1, -0.05) is 6.07 Å². The molecule has 0 aliphatic carbocycles. The van der Waals surface area contributed by atoms with E-state index in [2.05, 4.69) is 5.32 Å². The maximum atomic E-state index is 12.9. The van der Waals surface area contributed by atoms with E-state index in [-0.39, 0.29) is 60.7 Å². The highest BCUT2D eigenvalue weighted by atomic mass is 35.5. The lowest BCUT2D eigenvalue weighted by atomic mass is 10.0. The molecule has 1 unspecified atom stereocenters. The van der Waals surface area contributed by atoms with Gasteiger partial charge in [-0.15, -0.1) is 12.4 Å². The number of nitrogens with one attached hydrogen (secondary N) is 1. The van der Waals surface area contributed by atoms with E-state index in [1.54, 1.807) is 11.0 Å². The van der Waals surface area contributed by atoms with E-state index in [1.807, 2.05) is 0 Å². The number of imide groups is 2. The van der Waals surface area contributed by atoms with E-state index in [0.717, 1.165) is 11.3 Å². The molecule has 0 radical (unpaired) electrons. The van der Waals surface area contributed by atoms with Gasteiger partial charge in [-0.05, 0) is 25.0 Å². The van der Waals surface area contributed by atoms with E-state index in [0.29, 0.717) is 13.1 Å². The minimum Gasteiger partial charge on any atom is -0.483 e. The SMILES string of the molecule is Cl.N[C@@H]1CCN(C(=O)COc2cccc3c2C(=O)N(C2CCC(=O)NC2=O)C3=O)C1. The van der Waals surface area contributed by atoms with Gasteiger partial charge in [-0.2, -0.15) is 0 Å². The highest BCUT2D eigenvalue weighted by molar-refractivity contribution is 6.24. The van der Waals surface area contributed by atoms with Gasteiger partial charge >= 0.3 is 0 Å². The molecule has 0 bridgehead atoms. The van der Waals surface area contributed by atoms with Gasteiger partial charge in [0.15, 0.2) is 6.61 Å². The van der Waals surface area contributed by atoms with Gasteiger partial charge in [0.2, 0.25) is 11.8 Å². The number of likely N-dealkylation sites (tertiary alicyclic amines) is 1. The van der Waals surface area contributed by atoms with Crippen LogP contribution in [0.1, 0.15) is 40.0 Å². The Bertz CT molecular complexity index is 936. The molecule has 1 aromatic rings. The number of hydrogen-bond donors (Lipinski definition) is 2. The lowest BCUT2D eigenvalue weighted by Gasteiger charge is -2.27. The number of piperidine rings is 1. The molecule has 3 aliphatic rings. The van der Waals surface area contributed by atoms with Crippen LogP contribution in [-0.4, -0.2) is 71.1 Å². The molecule has 0 saturated carbocycles. The Balaban J connectivity index is 0.00000256. The van der Waals surface area contributed by atoms with Crippen LogP contribution in [-0.2, 0) is 14.4 Å². The minimum atomic E-state index is -1.05. The Hall–Kier alpha value is -2.98. The van der Waals surface area contributed by atoms with Crippen LogP contribution in [0.25, 0.3) is 0 Å². The summed E-state index contributed by atoms with van der Waals surface area (Å²) in [6, 6.07) is 3.40. The zero-order valence-electron chi connectivity index (χ0n) is 16.0. The maximum Gasteiger partial charge on any atom is 0.266 e. The quantitative estimate of drug-likeness (QED) is 0.603. The standard InChI is InChI=1S/C19H20N4O6.ClH/c20-10-6-7-22(8-10)15(25)9-29-13-3-1-2-11-16(13)19(28)23(18(11)27)12-4-5-14(24)21-17(12)26;/h1-3,10,12H,4-9,20H2,(H,21,24,26);1H/t10-,12?;/m1./s1. The molecule has 1 aromatic carbocycles. The molecule has 3 heterocycles. The Morgan fingerprint density at radius 2 is 1.93 bits per heavy atom. The molecule has 4 rings (SSSR count). The molecule has 11 heteroatoms. The summed E-state index contributed by atoms with van der Waals surface area (Å²) in [7, 11) is 0. The second kappa shape index (κ2) is 8.41. The van der Waals surface area contributed by atoms with Crippen LogP contribution < -0.4 is 15.8 Å². The van der Waals surface area contributed by atoms with Crippen molar-refractivity contribution in [2.24, 2.45) is 5.73 Å². The average Bonchev–Trinajstić information content (AvgIpc) is 3.23. The van der Waals surface area contributed by atoms with Crippen LogP contribution in [0.5, 0.6) is 5.75 Å². The smallest absolute Gasteiger partial charge is 0.266 e. The van der Waals surface area contributed by atoms with E-state index in [1.165, 1.54) is 12.1 Å². The van der Waals surface area contributed by atoms with Gasteiger partial charge in [0.05, 0.1) is 11.1 Å². The lowest BCUT2D eigenvalue weighted by molar-refractivity contribution is -0.136. The maximum absolute atomic E-state index is 12.9. The number of hydrogen-bond acceptors (Lipinski definition) is 7. The molecule has 2 fully saturated rings. The zero-order valence-corrected chi connectivity index (χ0v) is 16.8. The van der Waals surface area contributed by atoms with Crippen LogP contribution in [0.4, 0.5) is 0 Å². The topological polar surface area (TPSA) is 139 Å². The number of carbonyl (C=O) groups is 5. The van der Waals surface area contributed by atoms with E-state index in [9.17, 15) is 24.0 Å². The summed E-state index contributed by atoms with van der Waals surface area (Å²) in [5, 5.41) is 2.15. The summed E-state index contributed by atoms with van der Waals surface area (Å²) in [5.41, 5.74) is 5.93. The number of rotatable bonds is 4. The van der Waals surface area contributed by atoms with Gasteiger partial charge in [0.1, 0.15) is 11.8 Å². The van der Waals surface area contributed by atoms with Gasteiger partial charge in [-0.25, -0.2) is 0 Å². The summed E-state index contributed by atoms with van der Waals surface area (Å²) < 4.78 is 5.57. The van der Waals surface area contributed by atoms with Gasteiger partial charge in [-0.3, -0.25) is 34.2 Å². The predicted octanol–water partition coefficient (Wildman–Crippen LogP) is -0.552. The van der Waals surface area contributed by atoms with Crippen molar-refractivity contribution in [3.05, 3.63) is 29.3 Å². The molecule has 160 valence electrons. The molecular formula is C19H21ClN4O6. The summed E-state index contributed by atoms with van der Waals surface area (Å²) in [6.07, 6.45) is 0.833. The highest BCUT2D eigenvalue weighted by Crippen LogP contribution is 2.33. The Kier molecular flexibility index (Phi) is 6.09.